The van der Waals surface area contributed by atoms with E-state index in [2.05, 4.69) is 54.2 Å². The van der Waals surface area contributed by atoms with Gasteiger partial charge in [0.15, 0.2) is 0 Å². The van der Waals surface area contributed by atoms with E-state index in [1.165, 1.54) is 24.7 Å². The molecule has 0 radical (unpaired) electrons. The molecule has 0 N–H and O–H groups in total. The monoisotopic (exact) mass is 475 g/mol. The highest BCUT2D eigenvalue weighted by Crippen LogP contribution is 2.50. The van der Waals surface area contributed by atoms with Gasteiger partial charge in [0.2, 0.25) is 0 Å². The summed E-state index contributed by atoms with van der Waals surface area (Å²) < 4.78 is 23.9. The number of amides is 2. The molecule has 0 bridgehead atoms. The summed E-state index contributed by atoms with van der Waals surface area (Å²) in [6, 6.07) is 10.9. The molecule has 0 atom stereocenters. The topological polar surface area (TPSA) is 60.9 Å². The molecule has 7 heteroatoms. The van der Waals surface area contributed by atoms with E-state index in [0.717, 1.165) is 32.2 Å². The van der Waals surface area contributed by atoms with Crippen molar-refractivity contribution in [3.63, 3.8) is 0 Å². The van der Waals surface area contributed by atoms with Gasteiger partial charge in [-0.25, -0.2) is 13.2 Å². The number of nitrogens with zero attached hydrogens (tertiary/aromatic N) is 3. The van der Waals surface area contributed by atoms with Gasteiger partial charge in [0, 0.05) is 31.4 Å². The molecule has 0 unspecified atom stereocenters. The quantitative estimate of drug-likeness (QED) is 0.571. The van der Waals surface area contributed by atoms with Gasteiger partial charge in [-0.3, -0.25) is 4.90 Å². The van der Waals surface area contributed by atoms with Crippen LogP contribution in [0.3, 0.4) is 0 Å². The maximum Gasteiger partial charge on any atom is 0.320 e. The summed E-state index contributed by atoms with van der Waals surface area (Å²) in [5, 5.41) is 0. The Morgan fingerprint density at radius 2 is 1.67 bits per heavy atom. The van der Waals surface area contributed by atoms with Crippen molar-refractivity contribution in [2.75, 3.05) is 45.7 Å². The van der Waals surface area contributed by atoms with Gasteiger partial charge in [-0.2, -0.15) is 0 Å². The van der Waals surface area contributed by atoms with Crippen LogP contribution in [0.4, 0.5) is 4.79 Å². The van der Waals surface area contributed by atoms with E-state index in [-0.39, 0.29) is 22.9 Å². The minimum atomic E-state index is -3.11. The highest BCUT2D eigenvalue weighted by molar-refractivity contribution is 7.90. The third-order valence-corrected chi connectivity index (χ3v) is 9.45. The largest absolute Gasteiger partial charge is 0.322 e. The van der Waals surface area contributed by atoms with E-state index in [1.54, 1.807) is 0 Å². The Kier molecular flexibility index (Phi) is 6.36. The first-order valence-corrected chi connectivity index (χ1v) is 14.4. The molecule has 0 aromatic heterocycles. The van der Waals surface area contributed by atoms with Crippen LogP contribution in [-0.4, -0.2) is 80.4 Å². The number of benzene rings is 1. The van der Waals surface area contributed by atoms with Crippen molar-refractivity contribution >= 4 is 15.9 Å². The van der Waals surface area contributed by atoms with Gasteiger partial charge in [0.1, 0.15) is 9.84 Å². The number of carbonyl (C=O) groups is 1. The van der Waals surface area contributed by atoms with Crippen molar-refractivity contribution in [3.05, 3.63) is 35.9 Å². The Balaban J connectivity index is 1.57. The van der Waals surface area contributed by atoms with Gasteiger partial charge in [0.05, 0.1) is 11.3 Å². The zero-order valence-corrected chi connectivity index (χ0v) is 21.8. The third kappa shape index (κ3) is 5.09. The van der Waals surface area contributed by atoms with Gasteiger partial charge in [-0.15, -0.1) is 0 Å². The fourth-order valence-electron chi connectivity index (χ4n) is 6.41. The van der Waals surface area contributed by atoms with Crippen molar-refractivity contribution in [3.8, 4) is 0 Å². The van der Waals surface area contributed by atoms with Crippen molar-refractivity contribution in [1.29, 1.82) is 0 Å². The van der Waals surface area contributed by atoms with Gasteiger partial charge in [0.25, 0.3) is 0 Å². The molecule has 1 aromatic rings. The van der Waals surface area contributed by atoms with Crippen molar-refractivity contribution in [2.45, 2.75) is 63.5 Å². The lowest BCUT2D eigenvalue weighted by Gasteiger charge is -2.51. The molecule has 2 aliphatic carbocycles. The van der Waals surface area contributed by atoms with E-state index in [4.69, 9.17) is 0 Å². The van der Waals surface area contributed by atoms with E-state index in [9.17, 15) is 13.2 Å². The minimum Gasteiger partial charge on any atom is -0.322 e. The van der Waals surface area contributed by atoms with E-state index in [0.29, 0.717) is 19.0 Å². The highest BCUT2D eigenvalue weighted by Gasteiger charge is 2.55. The summed E-state index contributed by atoms with van der Waals surface area (Å²) >= 11 is 0. The highest BCUT2D eigenvalue weighted by atomic mass is 32.2. The molecular formula is C26H41N3O3S. The number of hydrogen-bond acceptors (Lipinski definition) is 4. The first-order valence-electron chi connectivity index (χ1n) is 12.3. The number of urea groups is 1. The molecule has 4 rings (SSSR count). The van der Waals surface area contributed by atoms with Crippen LogP contribution in [-0.2, 0) is 15.4 Å². The molecule has 2 saturated carbocycles. The summed E-state index contributed by atoms with van der Waals surface area (Å²) in [6.07, 6.45) is 7.68. The van der Waals surface area contributed by atoms with Crippen LogP contribution < -0.4 is 0 Å². The normalized spacial score (nSPS) is 28.8. The molecule has 3 fully saturated rings. The molecule has 1 spiro atoms. The standard InChI is InChI=1S/C26H41N3O3S/c1-24(2,20-33(5,31)32)18-28-19-25(29(23(28)30)17-21-11-12-21)13-15-26(16-14-25,27(3)4)22-9-7-6-8-10-22/h6-10,21H,11-20H2,1-5H3. The summed E-state index contributed by atoms with van der Waals surface area (Å²) in [5.41, 5.74) is 0.736. The molecule has 1 aliphatic heterocycles. The van der Waals surface area contributed by atoms with Crippen LogP contribution in [0.5, 0.6) is 0 Å². The molecule has 33 heavy (non-hydrogen) atoms. The molecule has 1 heterocycles. The first-order chi connectivity index (χ1) is 15.4. The van der Waals surface area contributed by atoms with Crippen LogP contribution in [0.1, 0.15) is 57.9 Å². The van der Waals surface area contributed by atoms with E-state index < -0.39 is 15.3 Å². The molecule has 2 amide bonds. The van der Waals surface area contributed by atoms with Crippen LogP contribution in [0.25, 0.3) is 0 Å². The number of hydrogen-bond donors (Lipinski definition) is 0. The summed E-state index contributed by atoms with van der Waals surface area (Å²) in [7, 11) is 1.24. The Morgan fingerprint density at radius 3 is 2.18 bits per heavy atom. The molecule has 3 aliphatic rings. The maximum atomic E-state index is 13.6. The van der Waals surface area contributed by atoms with Crippen molar-refractivity contribution < 1.29 is 13.2 Å². The SMILES string of the molecule is CN(C)C1(c2ccccc2)CCC2(CC1)CN(CC(C)(C)CS(C)(=O)=O)C(=O)N2CC1CC1. The predicted molar refractivity (Wildman–Crippen MR) is 133 cm³/mol. The van der Waals surface area contributed by atoms with Gasteiger partial charge < -0.3 is 9.80 Å². The number of sulfone groups is 1. The molecule has 184 valence electrons. The van der Waals surface area contributed by atoms with Gasteiger partial charge in [-0.1, -0.05) is 44.2 Å². The zero-order valence-electron chi connectivity index (χ0n) is 21.0. The lowest BCUT2D eigenvalue weighted by atomic mass is 9.68. The Hall–Kier alpha value is -1.60. The van der Waals surface area contributed by atoms with Crippen molar-refractivity contribution in [2.24, 2.45) is 11.3 Å². The Morgan fingerprint density at radius 1 is 1.06 bits per heavy atom. The van der Waals surface area contributed by atoms with Crippen LogP contribution >= 0.6 is 0 Å². The lowest BCUT2D eigenvalue weighted by molar-refractivity contribution is 0.0230. The summed E-state index contributed by atoms with van der Waals surface area (Å²) in [4.78, 5) is 20.2. The lowest BCUT2D eigenvalue weighted by Crippen LogP contribution is -2.55. The maximum absolute atomic E-state index is 13.6. The molecular weight excluding hydrogens is 434 g/mol. The van der Waals surface area contributed by atoms with E-state index in [1.807, 2.05) is 18.7 Å². The Bertz CT molecular complexity index is 962. The average Bonchev–Trinajstić information content (AvgIpc) is 3.50. The van der Waals surface area contributed by atoms with Crippen LogP contribution in [0, 0.1) is 11.3 Å². The smallest absolute Gasteiger partial charge is 0.320 e. The van der Waals surface area contributed by atoms with Crippen LogP contribution in [0.2, 0.25) is 0 Å². The van der Waals surface area contributed by atoms with Gasteiger partial charge >= 0.3 is 6.03 Å². The molecule has 1 saturated heterocycles. The fraction of sp³-hybridized carbons (Fsp3) is 0.731. The summed E-state index contributed by atoms with van der Waals surface area (Å²) in [5.74, 6) is 0.724. The number of rotatable bonds is 8. The third-order valence-electron chi connectivity index (χ3n) is 8.14. The van der Waals surface area contributed by atoms with Crippen LogP contribution in [0.15, 0.2) is 30.3 Å². The molecule has 1 aromatic carbocycles. The molecule has 6 nitrogen and oxygen atoms in total. The second-order valence-corrected chi connectivity index (χ2v) is 14.1. The predicted octanol–water partition coefficient (Wildman–Crippen LogP) is 3.97. The van der Waals surface area contributed by atoms with E-state index >= 15 is 0 Å². The Labute approximate surface area is 200 Å². The van der Waals surface area contributed by atoms with Gasteiger partial charge in [-0.05, 0) is 69.5 Å². The second-order valence-electron chi connectivity index (χ2n) is 11.9. The number of carbonyl (C=O) groups excluding carboxylic acids is 1. The van der Waals surface area contributed by atoms with Crippen molar-refractivity contribution in [1.82, 2.24) is 14.7 Å². The zero-order chi connectivity index (χ0) is 24.1. The minimum absolute atomic E-state index is 0.0101. The average molecular weight is 476 g/mol. The second kappa shape index (κ2) is 8.56. The fourth-order valence-corrected chi connectivity index (χ4v) is 7.92. The summed E-state index contributed by atoms with van der Waals surface area (Å²) in [6.45, 7) is 5.97. The first kappa shape index (κ1) is 24.5.